The second-order valence-corrected chi connectivity index (χ2v) is 10.5. The first-order chi connectivity index (χ1) is 16.8. The molecule has 2 aromatic carbocycles. The summed E-state index contributed by atoms with van der Waals surface area (Å²) in [5.41, 5.74) is 2.44. The van der Waals surface area contributed by atoms with Crippen molar-refractivity contribution in [3.05, 3.63) is 90.6 Å². The van der Waals surface area contributed by atoms with E-state index in [0.717, 1.165) is 16.0 Å². The fraction of sp³-hybridized carbons (Fsp3) is 0.296. The third-order valence-corrected chi connectivity index (χ3v) is 7.34. The lowest BCUT2D eigenvalue weighted by atomic mass is 9.96. The van der Waals surface area contributed by atoms with E-state index < -0.39 is 12.0 Å². The van der Waals surface area contributed by atoms with E-state index in [1.165, 1.54) is 11.3 Å². The summed E-state index contributed by atoms with van der Waals surface area (Å²) in [6.45, 7) is 6.07. The van der Waals surface area contributed by atoms with Crippen molar-refractivity contribution >= 4 is 35.1 Å². The van der Waals surface area contributed by atoms with Crippen molar-refractivity contribution in [2.75, 3.05) is 20.0 Å². The molecule has 8 heteroatoms. The van der Waals surface area contributed by atoms with Gasteiger partial charge in [0, 0.05) is 4.90 Å². The summed E-state index contributed by atoms with van der Waals surface area (Å²) in [7, 11) is 1.61. The number of hydrogen-bond acceptors (Lipinski definition) is 7. The minimum Gasteiger partial charge on any atom is -0.497 e. The van der Waals surface area contributed by atoms with E-state index in [1.54, 1.807) is 30.4 Å². The second-order valence-electron chi connectivity index (χ2n) is 8.62. The van der Waals surface area contributed by atoms with E-state index >= 15 is 0 Å². The number of ether oxygens (including phenoxy) is 2. The van der Waals surface area contributed by atoms with Crippen molar-refractivity contribution < 1.29 is 14.3 Å². The number of thiazole rings is 1. The van der Waals surface area contributed by atoms with E-state index in [9.17, 15) is 9.59 Å². The summed E-state index contributed by atoms with van der Waals surface area (Å²) in [6.07, 6.45) is 3.84. The van der Waals surface area contributed by atoms with Gasteiger partial charge < -0.3 is 9.47 Å². The molecule has 2 heterocycles. The third kappa shape index (κ3) is 5.28. The molecule has 1 unspecified atom stereocenters. The smallest absolute Gasteiger partial charge is 0.338 e. The maximum absolute atomic E-state index is 13.7. The second kappa shape index (κ2) is 10.7. The van der Waals surface area contributed by atoms with Gasteiger partial charge >= 0.3 is 5.97 Å². The number of fused-ring (bicyclic) bond motifs is 1. The van der Waals surface area contributed by atoms with Crippen LogP contribution in [0.15, 0.2) is 74.5 Å². The van der Waals surface area contributed by atoms with Crippen molar-refractivity contribution in [2.45, 2.75) is 31.7 Å². The van der Waals surface area contributed by atoms with E-state index in [-0.39, 0.29) is 11.5 Å². The van der Waals surface area contributed by atoms with Crippen LogP contribution in [-0.2, 0) is 9.53 Å². The Morgan fingerprint density at radius 3 is 2.63 bits per heavy atom. The summed E-state index contributed by atoms with van der Waals surface area (Å²) in [5.74, 6) is 0.466. The molecule has 1 aromatic heterocycles. The lowest BCUT2D eigenvalue weighted by Crippen LogP contribution is -2.40. The molecule has 6 nitrogen and oxygen atoms in total. The largest absolute Gasteiger partial charge is 0.497 e. The van der Waals surface area contributed by atoms with Crippen LogP contribution in [0.3, 0.4) is 0 Å². The van der Waals surface area contributed by atoms with Gasteiger partial charge in [-0.05, 0) is 60.6 Å². The summed E-state index contributed by atoms with van der Waals surface area (Å²) in [5, 5.41) is 0. The summed E-state index contributed by atoms with van der Waals surface area (Å²) >= 11 is 2.95. The van der Waals surface area contributed by atoms with Crippen molar-refractivity contribution in [1.29, 1.82) is 0 Å². The molecule has 0 fully saturated rings. The number of nitrogens with zero attached hydrogens (tertiary/aromatic N) is 2. The molecular weight excluding hydrogens is 480 g/mol. The number of esters is 1. The molecule has 1 aliphatic rings. The Hall–Kier alpha value is -3.10. The van der Waals surface area contributed by atoms with E-state index in [1.807, 2.05) is 74.7 Å². The number of methoxy groups -OCH3 is 1. The van der Waals surface area contributed by atoms with Crippen LogP contribution in [0.5, 0.6) is 5.75 Å². The van der Waals surface area contributed by atoms with Crippen LogP contribution in [0.2, 0.25) is 0 Å². The Labute approximate surface area is 212 Å². The first-order valence-corrected chi connectivity index (χ1v) is 13.3. The van der Waals surface area contributed by atoms with Gasteiger partial charge in [0.15, 0.2) is 4.80 Å². The first kappa shape index (κ1) is 25.0. The van der Waals surface area contributed by atoms with Crippen LogP contribution in [0.25, 0.3) is 6.08 Å². The highest BCUT2D eigenvalue weighted by molar-refractivity contribution is 7.98. The lowest BCUT2D eigenvalue weighted by Gasteiger charge is -2.25. The maximum atomic E-state index is 13.7. The van der Waals surface area contributed by atoms with Crippen LogP contribution >= 0.6 is 23.1 Å². The Morgan fingerprint density at radius 2 is 1.97 bits per heavy atom. The number of carbonyl (C=O) groups excluding carboxylic acids is 1. The average molecular weight is 509 g/mol. The molecule has 1 aliphatic heterocycles. The number of rotatable bonds is 7. The van der Waals surface area contributed by atoms with Crippen molar-refractivity contribution in [1.82, 2.24) is 4.57 Å². The predicted molar refractivity (Wildman–Crippen MR) is 141 cm³/mol. The molecule has 1 atom stereocenters. The predicted octanol–water partition coefficient (Wildman–Crippen LogP) is 4.16. The van der Waals surface area contributed by atoms with Gasteiger partial charge in [-0.15, -0.1) is 11.8 Å². The number of allylic oxidation sites excluding steroid dienone is 1. The monoisotopic (exact) mass is 508 g/mol. The molecule has 3 aromatic rings. The minimum absolute atomic E-state index is 0.197. The summed E-state index contributed by atoms with van der Waals surface area (Å²) in [6, 6.07) is 14.8. The molecule has 0 saturated heterocycles. The van der Waals surface area contributed by atoms with Crippen LogP contribution in [0, 0.1) is 5.92 Å². The van der Waals surface area contributed by atoms with Gasteiger partial charge in [-0.2, -0.15) is 0 Å². The highest BCUT2D eigenvalue weighted by atomic mass is 32.2. The quantitative estimate of drug-likeness (QED) is 0.354. The molecule has 0 saturated carbocycles. The lowest BCUT2D eigenvalue weighted by molar-refractivity contribution is -0.140. The zero-order chi connectivity index (χ0) is 25.1. The molecular formula is C27H28N2O4S2. The Morgan fingerprint density at radius 1 is 1.23 bits per heavy atom. The number of aromatic nitrogens is 1. The summed E-state index contributed by atoms with van der Waals surface area (Å²) < 4.78 is 13.1. The molecule has 0 N–H and O–H groups in total. The third-order valence-electron chi connectivity index (χ3n) is 5.61. The number of benzene rings is 2. The van der Waals surface area contributed by atoms with Gasteiger partial charge in [-0.1, -0.05) is 49.4 Å². The van der Waals surface area contributed by atoms with E-state index in [0.29, 0.717) is 33.0 Å². The van der Waals surface area contributed by atoms with E-state index in [4.69, 9.17) is 9.47 Å². The fourth-order valence-corrected chi connectivity index (χ4v) is 5.34. The number of hydrogen-bond donors (Lipinski definition) is 0. The standard InChI is InChI=1S/C27H28N2O4S2/c1-16(2)15-33-26(31)23-17(3)28-27-29(24(23)19-9-11-21(34-5)12-10-19)25(30)22(35-27)14-18-7-6-8-20(13-18)32-4/h6-14,16,24H,15H2,1-5H3. The average Bonchev–Trinajstić information content (AvgIpc) is 3.16. The maximum Gasteiger partial charge on any atom is 0.338 e. The fourth-order valence-electron chi connectivity index (χ4n) is 3.89. The highest BCUT2D eigenvalue weighted by Gasteiger charge is 2.33. The molecule has 35 heavy (non-hydrogen) atoms. The van der Waals surface area contributed by atoms with Gasteiger partial charge in [0.05, 0.1) is 35.6 Å². The molecule has 0 aliphatic carbocycles. The normalized spacial score (nSPS) is 15.7. The van der Waals surface area contributed by atoms with Gasteiger partial charge in [-0.3, -0.25) is 9.36 Å². The van der Waals surface area contributed by atoms with Gasteiger partial charge in [0.25, 0.3) is 5.56 Å². The molecule has 4 rings (SSSR count). The number of thioether (sulfide) groups is 1. The molecule has 0 amide bonds. The van der Waals surface area contributed by atoms with Crippen molar-refractivity contribution in [2.24, 2.45) is 10.9 Å². The molecule has 0 bridgehead atoms. The zero-order valence-corrected chi connectivity index (χ0v) is 22.0. The van der Waals surface area contributed by atoms with Crippen LogP contribution in [0.1, 0.15) is 37.9 Å². The molecule has 0 radical (unpaired) electrons. The zero-order valence-electron chi connectivity index (χ0n) is 20.4. The SMILES string of the molecule is COc1cccc(C=c2sc3n(c2=O)C(c2ccc(SC)cc2)C(C(=O)OCC(C)C)=C(C)N=3)c1. The number of carbonyl (C=O) groups is 1. The van der Waals surface area contributed by atoms with Crippen LogP contribution < -0.4 is 19.6 Å². The van der Waals surface area contributed by atoms with Gasteiger partial charge in [0.2, 0.25) is 0 Å². The Kier molecular flexibility index (Phi) is 7.62. The molecule has 0 spiro atoms. The van der Waals surface area contributed by atoms with Crippen LogP contribution in [-0.4, -0.2) is 30.5 Å². The minimum atomic E-state index is -0.616. The topological polar surface area (TPSA) is 69.9 Å². The van der Waals surface area contributed by atoms with Crippen LogP contribution in [0.4, 0.5) is 0 Å². The van der Waals surface area contributed by atoms with Gasteiger partial charge in [-0.25, -0.2) is 9.79 Å². The Balaban J connectivity index is 1.89. The van der Waals surface area contributed by atoms with Crippen molar-refractivity contribution in [3.8, 4) is 5.75 Å². The van der Waals surface area contributed by atoms with Crippen molar-refractivity contribution in [3.63, 3.8) is 0 Å². The van der Waals surface area contributed by atoms with E-state index in [2.05, 4.69) is 4.99 Å². The van der Waals surface area contributed by atoms with Gasteiger partial charge in [0.1, 0.15) is 5.75 Å². The highest BCUT2D eigenvalue weighted by Crippen LogP contribution is 2.31. The molecule has 182 valence electrons. The first-order valence-electron chi connectivity index (χ1n) is 11.3. The Bertz CT molecular complexity index is 1450. The summed E-state index contributed by atoms with van der Waals surface area (Å²) in [4.78, 5) is 33.2.